The van der Waals surface area contributed by atoms with Gasteiger partial charge in [0, 0.05) is 5.92 Å². The fraction of sp³-hybridized carbons (Fsp3) is 0.0833. The summed E-state index contributed by atoms with van der Waals surface area (Å²) in [5.41, 5.74) is 3.65. The number of hydrogen-bond acceptors (Lipinski definition) is 3. The lowest BCUT2D eigenvalue weighted by atomic mass is 9.82. The first kappa shape index (κ1) is 19.3. The molecule has 0 spiro atoms. The summed E-state index contributed by atoms with van der Waals surface area (Å²) >= 11 is 0. The van der Waals surface area contributed by atoms with Gasteiger partial charge in [-0.15, -0.1) is 0 Å². The lowest BCUT2D eigenvalue weighted by molar-refractivity contribution is 0.160. The van der Waals surface area contributed by atoms with Crippen LogP contribution in [0.15, 0.2) is 83.8 Å². The predicted octanol–water partition coefficient (Wildman–Crippen LogP) is 4.95. The summed E-state index contributed by atoms with van der Waals surface area (Å²) < 4.78 is 33.8. The third-order valence-corrected chi connectivity index (χ3v) is 6.00. The Morgan fingerprint density at radius 1 is 0.862 bits per heavy atom. The van der Waals surface area contributed by atoms with E-state index in [0.29, 0.717) is 11.1 Å². The number of rotatable bonds is 4. The smallest absolute Gasteiger partial charge is 0.295 e. The van der Waals surface area contributed by atoms with Crippen molar-refractivity contribution in [2.75, 3.05) is 0 Å². The molecule has 2 N–H and O–H groups in total. The Morgan fingerprint density at radius 3 is 2.34 bits per heavy atom. The van der Waals surface area contributed by atoms with E-state index in [1.807, 2.05) is 66.7 Å². The molecule has 0 aromatic heterocycles. The van der Waals surface area contributed by atoms with Gasteiger partial charge in [-0.3, -0.25) is 4.55 Å². The van der Waals surface area contributed by atoms with Crippen molar-refractivity contribution in [3.8, 4) is 0 Å². The first-order valence-electron chi connectivity index (χ1n) is 9.23. The van der Waals surface area contributed by atoms with Gasteiger partial charge in [0.25, 0.3) is 10.1 Å². The summed E-state index contributed by atoms with van der Waals surface area (Å²) in [6.45, 7) is 0. The van der Waals surface area contributed by atoms with Gasteiger partial charge in [-0.25, -0.2) is 0 Å². The van der Waals surface area contributed by atoms with E-state index in [-0.39, 0.29) is 4.90 Å². The van der Waals surface area contributed by atoms with Crippen LogP contribution in [0.25, 0.3) is 18.2 Å². The van der Waals surface area contributed by atoms with E-state index in [1.165, 1.54) is 6.07 Å². The summed E-state index contributed by atoms with van der Waals surface area (Å²) in [6, 6.07) is 21.9. The number of aliphatic hydroxyl groups is 1. The molecule has 2 unspecified atom stereocenters. The average Bonchev–Trinajstić information content (AvgIpc) is 2.73. The molecular weight excluding hydrogens is 384 g/mol. The Bertz CT molecular complexity index is 1190. The highest BCUT2D eigenvalue weighted by Gasteiger charge is 2.27. The highest BCUT2D eigenvalue weighted by atomic mass is 32.2. The first-order chi connectivity index (χ1) is 13.9. The van der Waals surface area contributed by atoms with Crippen molar-refractivity contribution in [2.24, 2.45) is 0 Å². The van der Waals surface area contributed by atoms with E-state index < -0.39 is 22.1 Å². The second-order valence-electron chi connectivity index (χ2n) is 6.98. The zero-order valence-corrected chi connectivity index (χ0v) is 16.3. The van der Waals surface area contributed by atoms with Crippen LogP contribution >= 0.6 is 0 Å². The molecule has 3 aromatic carbocycles. The van der Waals surface area contributed by atoms with Crippen molar-refractivity contribution < 1.29 is 18.1 Å². The minimum Gasteiger partial charge on any atom is -0.387 e. The summed E-state index contributed by atoms with van der Waals surface area (Å²) in [5, 5.41) is 10.8. The molecule has 3 aromatic rings. The molecule has 146 valence electrons. The molecule has 0 aliphatic heterocycles. The molecule has 2 atom stereocenters. The van der Waals surface area contributed by atoms with Crippen molar-refractivity contribution >= 4 is 28.3 Å². The third kappa shape index (κ3) is 4.07. The van der Waals surface area contributed by atoms with Crippen molar-refractivity contribution in [1.29, 1.82) is 0 Å². The molecule has 1 aliphatic carbocycles. The average molecular weight is 404 g/mol. The maximum atomic E-state index is 12.0. The highest BCUT2D eigenvalue weighted by molar-refractivity contribution is 7.86. The molecule has 0 amide bonds. The molecule has 0 saturated heterocycles. The Balaban J connectivity index is 1.73. The molecule has 1 aliphatic rings. The van der Waals surface area contributed by atoms with Gasteiger partial charge in [-0.2, -0.15) is 8.42 Å². The van der Waals surface area contributed by atoms with Crippen molar-refractivity contribution in [1.82, 2.24) is 0 Å². The van der Waals surface area contributed by atoms with E-state index in [1.54, 1.807) is 24.3 Å². The van der Waals surface area contributed by atoms with Crippen molar-refractivity contribution in [3.63, 3.8) is 0 Å². The molecule has 0 bridgehead atoms. The maximum Gasteiger partial charge on any atom is 0.295 e. The Labute approximate surface area is 170 Å². The molecule has 0 radical (unpaired) electrons. The number of fused-ring (bicyclic) bond motifs is 1. The van der Waals surface area contributed by atoms with Gasteiger partial charge in [0.2, 0.25) is 0 Å². The molecule has 4 nitrogen and oxygen atoms in total. The van der Waals surface area contributed by atoms with Gasteiger partial charge in [0.1, 0.15) is 4.90 Å². The Hall–Kier alpha value is -2.99. The van der Waals surface area contributed by atoms with Crippen LogP contribution in [0.3, 0.4) is 0 Å². The van der Waals surface area contributed by atoms with Crippen LogP contribution in [-0.4, -0.2) is 18.1 Å². The molecule has 0 saturated carbocycles. The van der Waals surface area contributed by atoms with E-state index in [4.69, 9.17) is 0 Å². The van der Waals surface area contributed by atoms with Gasteiger partial charge in [-0.1, -0.05) is 91.0 Å². The highest BCUT2D eigenvalue weighted by Crippen LogP contribution is 2.39. The normalized spacial score (nSPS) is 18.7. The Morgan fingerprint density at radius 2 is 1.59 bits per heavy atom. The van der Waals surface area contributed by atoms with Gasteiger partial charge in [0.15, 0.2) is 0 Å². The second-order valence-corrected chi connectivity index (χ2v) is 8.36. The lowest BCUT2D eigenvalue weighted by Crippen LogP contribution is -2.14. The predicted molar refractivity (Wildman–Crippen MR) is 115 cm³/mol. The largest absolute Gasteiger partial charge is 0.387 e. The number of hydrogen-bond donors (Lipinski definition) is 2. The van der Waals surface area contributed by atoms with Crippen LogP contribution < -0.4 is 0 Å². The van der Waals surface area contributed by atoms with Crippen LogP contribution in [0, 0.1) is 0 Å². The fourth-order valence-corrected chi connectivity index (χ4v) is 4.32. The fourth-order valence-electron chi connectivity index (χ4n) is 3.60. The van der Waals surface area contributed by atoms with Crippen LogP contribution in [0.2, 0.25) is 0 Å². The molecule has 0 fully saturated rings. The topological polar surface area (TPSA) is 74.6 Å². The van der Waals surface area contributed by atoms with Crippen LogP contribution in [-0.2, 0) is 10.1 Å². The SMILES string of the molecule is O=S(=O)(O)c1cc(C2C=Cc3ccccc3C2O)ccc1C=Cc1ccccc1. The van der Waals surface area contributed by atoms with Gasteiger partial charge < -0.3 is 5.11 Å². The first-order valence-corrected chi connectivity index (χ1v) is 10.7. The molecule has 0 heterocycles. The van der Waals surface area contributed by atoms with Crippen LogP contribution in [0.5, 0.6) is 0 Å². The minimum atomic E-state index is -4.43. The molecule has 4 rings (SSSR count). The van der Waals surface area contributed by atoms with Gasteiger partial charge >= 0.3 is 0 Å². The quantitative estimate of drug-likeness (QED) is 0.477. The second kappa shape index (κ2) is 7.79. The summed E-state index contributed by atoms with van der Waals surface area (Å²) in [5.74, 6) is -0.405. The number of aliphatic hydroxyl groups excluding tert-OH is 1. The van der Waals surface area contributed by atoms with E-state index in [0.717, 1.165) is 16.7 Å². The summed E-state index contributed by atoms with van der Waals surface area (Å²) in [7, 11) is -4.43. The van der Waals surface area contributed by atoms with Crippen molar-refractivity contribution in [2.45, 2.75) is 16.9 Å². The zero-order valence-electron chi connectivity index (χ0n) is 15.5. The monoisotopic (exact) mass is 404 g/mol. The van der Waals surface area contributed by atoms with Crippen LogP contribution in [0.1, 0.15) is 39.8 Å². The maximum absolute atomic E-state index is 12.0. The van der Waals surface area contributed by atoms with E-state index >= 15 is 0 Å². The van der Waals surface area contributed by atoms with E-state index in [9.17, 15) is 18.1 Å². The summed E-state index contributed by atoms with van der Waals surface area (Å²) in [6.07, 6.45) is 6.43. The third-order valence-electron chi connectivity index (χ3n) is 5.09. The lowest BCUT2D eigenvalue weighted by Gasteiger charge is -2.26. The van der Waals surface area contributed by atoms with Crippen molar-refractivity contribution in [3.05, 3.63) is 107 Å². The zero-order chi connectivity index (χ0) is 20.4. The minimum absolute atomic E-state index is 0.179. The molecule has 5 heteroatoms. The Kier molecular flexibility index (Phi) is 5.20. The number of benzene rings is 3. The van der Waals surface area contributed by atoms with E-state index in [2.05, 4.69) is 0 Å². The summed E-state index contributed by atoms with van der Waals surface area (Å²) in [4.78, 5) is -0.179. The van der Waals surface area contributed by atoms with Crippen LogP contribution in [0.4, 0.5) is 0 Å². The van der Waals surface area contributed by atoms with Gasteiger partial charge in [-0.05, 0) is 33.9 Å². The van der Waals surface area contributed by atoms with Gasteiger partial charge in [0.05, 0.1) is 6.10 Å². The molecular formula is C24H20O4S. The standard InChI is InChI=1S/C24H20O4S/c25-24-21-9-5-4-8-18(21)14-15-22(24)20-13-12-19(23(16-20)29(26,27)28)11-10-17-6-2-1-3-7-17/h1-16,22,24-25H,(H,26,27,28). The molecule has 29 heavy (non-hydrogen) atoms.